The third-order valence-electron chi connectivity index (χ3n) is 3.55. The predicted octanol–water partition coefficient (Wildman–Crippen LogP) is 3.59. The number of rotatable bonds is 3. The fourth-order valence-electron chi connectivity index (χ4n) is 2.53. The van der Waals surface area contributed by atoms with Crippen LogP contribution in [0.15, 0.2) is 23.6 Å². The molecule has 0 radical (unpaired) electrons. The second-order valence-corrected chi connectivity index (χ2v) is 5.59. The lowest BCUT2D eigenvalue weighted by Gasteiger charge is -2.03. The van der Waals surface area contributed by atoms with Crippen molar-refractivity contribution in [1.29, 1.82) is 0 Å². The lowest BCUT2D eigenvalue weighted by atomic mass is 10.1. The minimum absolute atomic E-state index is 0.595. The molecule has 0 saturated carbocycles. The van der Waals surface area contributed by atoms with Crippen LogP contribution in [0.25, 0.3) is 22.2 Å². The van der Waals surface area contributed by atoms with Gasteiger partial charge >= 0.3 is 0 Å². The molecule has 0 saturated heterocycles. The first-order chi connectivity index (χ1) is 9.61. The van der Waals surface area contributed by atoms with Crippen molar-refractivity contribution in [2.75, 3.05) is 12.3 Å². The van der Waals surface area contributed by atoms with Gasteiger partial charge in [-0.25, -0.2) is 4.98 Å². The maximum atomic E-state index is 5.77. The van der Waals surface area contributed by atoms with Gasteiger partial charge in [0.05, 0.1) is 12.3 Å². The monoisotopic (exact) mass is 287 g/mol. The molecule has 104 valence electrons. The first-order valence-electron chi connectivity index (χ1n) is 6.55. The van der Waals surface area contributed by atoms with Gasteiger partial charge in [0.1, 0.15) is 5.75 Å². The molecule has 0 unspecified atom stereocenters. The summed E-state index contributed by atoms with van der Waals surface area (Å²) >= 11 is 1.47. The zero-order valence-electron chi connectivity index (χ0n) is 11.8. The third kappa shape index (κ3) is 1.94. The van der Waals surface area contributed by atoms with Crippen LogP contribution >= 0.6 is 11.3 Å². The average molecular weight is 287 g/mol. The second-order valence-electron chi connectivity index (χ2n) is 4.70. The van der Waals surface area contributed by atoms with Gasteiger partial charge in [-0.1, -0.05) is 0 Å². The molecule has 5 heteroatoms. The highest BCUT2D eigenvalue weighted by atomic mass is 32.1. The smallest absolute Gasteiger partial charge is 0.180 e. The van der Waals surface area contributed by atoms with Crippen LogP contribution in [0.4, 0.5) is 5.13 Å². The normalized spacial score (nSPS) is 11.2. The lowest BCUT2D eigenvalue weighted by Crippen LogP contribution is -1.92. The quantitative estimate of drug-likeness (QED) is 0.801. The number of nitrogens with two attached hydrogens (primary N) is 1. The molecule has 0 amide bonds. The SMILES string of the molecule is CCOc1ccc2c(c1)c(-c1csc(N)n1)c(C)n2C. The van der Waals surface area contributed by atoms with E-state index in [4.69, 9.17) is 10.5 Å². The van der Waals surface area contributed by atoms with Crippen molar-refractivity contribution < 1.29 is 4.74 Å². The molecule has 0 aliphatic heterocycles. The molecule has 0 fully saturated rings. The molecule has 4 nitrogen and oxygen atoms in total. The highest BCUT2D eigenvalue weighted by Crippen LogP contribution is 2.36. The second kappa shape index (κ2) is 4.83. The summed E-state index contributed by atoms with van der Waals surface area (Å²) in [5, 5.41) is 3.75. The van der Waals surface area contributed by atoms with Crippen LogP contribution in [0.2, 0.25) is 0 Å². The summed E-state index contributed by atoms with van der Waals surface area (Å²) in [6.07, 6.45) is 0. The first-order valence-corrected chi connectivity index (χ1v) is 7.43. The van der Waals surface area contributed by atoms with E-state index in [9.17, 15) is 0 Å². The van der Waals surface area contributed by atoms with Gasteiger partial charge in [-0.15, -0.1) is 11.3 Å². The van der Waals surface area contributed by atoms with Gasteiger partial charge in [-0.2, -0.15) is 0 Å². The molecule has 3 rings (SSSR count). The summed E-state index contributed by atoms with van der Waals surface area (Å²) in [5.41, 5.74) is 10.2. The van der Waals surface area contributed by atoms with Gasteiger partial charge in [0.15, 0.2) is 5.13 Å². The fraction of sp³-hybridized carbons (Fsp3) is 0.267. The Bertz CT molecular complexity index is 773. The van der Waals surface area contributed by atoms with E-state index in [1.54, 1.807) is 0 Å². The van der Waals surface area contributed by atoms with Gasteiger partial charge in [0.25, 0.3) is 0 Å². The fourth-order valence-corrected chi connectivity index (χ4v) is 3.09. The van der Waals surface area contributed by atoms with Crippen molar-refractivity contribution in [2.24, 2.45) is 7.05 Å². The van der Waals surface area contributed by atoms with Crippen LogP contribution in [0.3, 0.4) is 0 Å². The Morgan fingerprint density at radius 2 is 2.20 bits per heavy atom. The summed E-state index contributed by atoms with van der Waals surface area (Å²) in [5.74, 6) is 0.884. The summed E-state index contributed by atoms with van der Waals surface area (Å²) in [4.78, 5) is 4.42. The molecule has 20 heavy (non-hydrogen) atoms. The summed E-state index contributed by atoms with van der Waals surface area (Å²) in [6.45, 7) is 4.75. The van der Waals surface area contributed by atoms with Crippen molar-refractivity contribution in [3.05, 3.63) is 29.3 Å². The minimum atomic E-state index is 0.595. The molecule has 1 aromatic carbocycles. The number of aromatic nitrogens is 2. The van der Waals surface area contributed by atoms with Crippen molar-refractivity contribution in [2.45, 2.75) is 13.8 Å². The highest BCUT2D eigenvalue weighted by molar-refractivity contribution is 7.13. The van der Waals surface area contributed by atoms with E-state index in [1.807, 2.05) is 18.4 Å². The lowest BCUT2D eigenvalue weighted by molar-refractivity contribution is 0.341. The highest BCUT2D eigenvalue weighted by Gasteiger charge is 2.16. The zero-order chi connectivity index (χ0) is 14.3. The molecule has 0 bridgehead atoms. The topological polar surface area (TPSA) is 53.1 Å². The third-order valence-corrected chi connectivity index (χ3v) is 4.23. The number of nitrogen functional groups attached to an aromatic ring is 1. The Kier molecular flexibility index (Phi) is 3.14. The Hall–Kier alpha value is -2.01. The maximum absolute atomic E-state index is 5.77. The van der Waals surface area contributed by atoms with Crippen LogP contribution in [-0.4, -0.2) is 16.2 Å². The molecular formula is C15H17N3OS. The van der Waals surface area contributed by atoms with Gasteiger partial charge in [0.2, 0.25) is 0 Å². The molecule has 2 aromatic heterocycles. The maximum Gasteiger partial charge on any atom is 0.180 e. The minimum Gasteiger partial charge on any atom is -0.494 e. The zero-order valence-corrected chi connectivity index (χ0v) is 12.6. The van der Waals surface area contributed by atoms with Crippen molar-refractivity contribution in [1.82, 2.24) is 9.55 Å². The van der Waals surface area contributed by atoms with E-state index in [0.717, 1.165) is 22.4 Å². The summed E-state index contributed by atoms with van der Waals surface area (Å²) in [6, 6.07) is 6.17. The summed E-state index contributed by atoms with van der Waals surface area (Å²) in [7, 11) is 2.07. The molecular weight excluding hydrogens is 270 g/mol. The number of nitrogens with zero attached hydrogens (tertiary/aromatic N) is 2. The van der Waals surface area contributed by atoms with Crippen LogP contribution in [0.1, 0.15) is 12.6 Å². The van der Waals surface area contributed by atoms with Crippen molar-refractivity contribution >= 4 is 27.4 Å². The Morgan fingerprint density at radius 3 is 2.85 bits per heavy atom. The Morgan fingerprint density at radius 1 is 1.40 bits per heavy atom. The first kappa shape index (κ1) is 13.0. The van der Waals surface area contributed by atoms with E-state index < -0.39 is 0 Å². The molecule has 0 atom stereocenters. The molecule has 0 aliphatic rings. The number of benzene rings is 1. The van der Waals surface area contributed by atoms with Gasteiger partial charge in [-0.3, -0.25) is 0 Å². The van der Waals surface area contributed by atoms with Gasteiger partial charge in [0, 0.05) is 34.6 Å². The standard InChI is InChI=1S/C15H17N3OS/c1-4-19-10-5-6-13-11(7-10)14(9(2)18(13)3)12-8-20-15(16)17-12/h5-8H,4H2,1-3H3,(H2,16,17). The number of hydrogen-bond acceptors (Lipinski definition) is 4. The molecule has 0 spiro atoms. The number of ether oxygens (including phenoxy) is 1. The van der Waals surface area contributed by atoms with E-state index in [-0.39, 0.29) is 0 Å². The van der Waals surface area contributed by atoms with E-state index in [1.165, 1.54) is 22.5 Å². The number of fused-ring (bicyclic) bond motifs is 1. The van der Waals surface area contributed by atoms with Crippen LogP contribution < -0.4 is 10.5 Å². The Balaban J connectivity index is 2.28. The van der Waals surface area contributed by atoms with Crippen molar-refractivity contribution in [3.8, 4) is 17.0 Å². The summed E-state index contributed by atoms with van der Waals surface area (Å²) < 4.78 is 7.78. The number of aryl methyl sites for hydroxylation is 1. The van der Waals surface area contributed by atoms with Crippen LogP contribution in [0.5, 0.6) is 5.75 Å². The van der Waals surface area contributed by atoms with Crippen LogP contribution in [0, 0.1) is 6.92 Å². The van der Waals surface area contributed by atoms with E-state index in [2.05, 4.69) is 35.7 Å². The van der Waals surface area contributed by atoms with Gasteiger partial charge in [-0.05, 0) is 32.0 Å². The van der Waals surface area contributed by atoms with Gasteiger partial charge < -0.3 is 15.0 Å². The van der Waals surface area contributed by atoms with Crippen molar-refractivity contribution in [3.63, 3.8) is 0 Å². The average Bonchev–Trinajstić information content (AvgIpc) is 2.94. The Labute approximate surface area is 121 Å². The molecule has 0 aliphatic carbocycles. The largest absolute Gasteiger partial charge is 0.494 e. The predicted molar refractivity (Wildman–Crippen MR) is 84.3 cm³/mol. The molecule has 3 aromatic rings. The van der Waals surface area contributed by atoms with Crippen LogP contribution in [-0.2, 0) is 7.05 Å². The number of thiazole rings is 1. The number of anilines is 1. The molecule has 2 heterocycles. The van der Waals surface area contributed by atoms with E-state index >= 15 is 0 Å². The van der Waals surface area contributed by atoms with E-state index in [0.29, 0.717) is 11.7 Å². The molecule has 2 N–H and O–H groups in total. The number of hydrogen-bond donors (Lipinski definition) is 1.